The van der Waals surface area contributed by atoms with E-state index in [1.807, 2.05) is 0 Å². The minimum Gasteiger partial charge on any atom is -0.345 e. The van der Waals surface area contributed by atoms with Gasteiger partial charge in [-0.25, -0.2) is 23.1 Å². The van der Waals surface area contributed by atoms with Crippen LogP contribution in [0.2, 0.25) is 0 Å². The Morgan fingerprint density at radius 1 is 0.900 bits per heavy atom. The molecule has 0 aliphatic heterocycles. The van der Waals surface area contributed by atoms with E-state index in [4.69, 9.17) is 0 Å². The first-order chi connectivity index (χ1) is 14.5. The van der Waals surface area contributed by atoms with Crippen LogP contribution in [-0.4, -0.2) is 26.1 Å². The van der Waals surface area contributed by atoms with E-state index in [0.717, 1.165) is 12.1 Å². The molecule has 2 heterocycles. The highest BCUT2D eigenvalue weighted by Crippen LogP contribution is 2.22. The number of aromatic nitrogens is 4. The summed E-state index contributed by atoms with van der Waals surface area (Å²) < 4.78 is 40.0. The Hall–Kier alpha value is -4.01. The lowest BCUT2D eigenvalue weighted by atomic mass is 10.1. The van der Waals surface area contributed by atoms with Gasteiger partial charge in [0.2, 0.25) is 0 Å². The van der Waals surface area contributed by atoms with Gasteiger partial charge in [0, 0.05) is 17.2 Å². The van der Waals surface area contributed by atoms with Crippen molar-refractivity contribution in [1.82, 2.24) is 25.5 Å². The van der Waals surface area contributed by atoms with E-state index in [1.54, 1.807) is 18.2 Å². The summed E-state index contributed by atoms with van der Waals surface area (Å²) in [6.07, 6.45) is 1.35. The number of rotatable bonds is 5. The van der Waals surface area contributed by atoms with Gasteiger partial charge in [-0.05, 0) is 48.5 Å². The first-order valence-corrected chi connectivity index (χ1v) is 8.85. The molecule has 30 heavy (non-hydrogen) atoms. The lowest BCUT2D eigenvalue weighted by molar-refractivity contribution is 0.0945. The van der Waals surface area contributed by atoms with Gasteiger partial charge in [0.25, 0.3) is 5.91 Å². The van der Waals surface area contributed by atoms with Crippen molar-refractivity contribution in [2.45, 2.75) is 6.54 Å². The molecule has 2 aromatic heterocycles. The molecule has 150 valence electrons. The monoisotopic (exact) mass is 409 g/mol. The molecular weight excluding hydrogens is 395 g/mol. The molecule has 4 rings (SSSR count). The van der Waals surface area contributed by atoms with Crippen LogP contribution in [0.1, 0.15) is 16.2 Å². The smallest absolute Gasteiger partial charge is 0.269 e. The third-order valence-corrected chi connectivity index (χ3v) is 4.32. The van der Waals surface area contributed by atoms with E-state index in [-0.39, 0.29) is 29.3 Å². The summed E-state index contributed by atoms with van der Waals surface area (Å²) in [6.45, 7) is 0.106. The van der Waals surface area contributed by atoms with Crippen LogP contribution in [0.25, 0.3) is 22.5 Å². The Kier molecular flexibility index (Phi) is 5.25. The van der Waals surface area contributed by atoms with E-state index < -0.39 is 17.5 Å². The van der Waals surface area contributed by atoms with Crippen molar-refractivity contribution in [3.63, 3.8) is 0 Å². The molecule has 0 radical (unpaired) electrons. The van der Waals surface area contributed by atoms with Gasteiger partial charge in [-0.1, -0.05) is 0 Å². The van der Waals surface area contributed by atoms with Gasteiger partial charge in [-0.3, -0.25) is 9.89 Å². The third kappa shape index (κ3) is 4.19. The van der Waals surface area contributed by atoms with Gasteiger partial charge in [0.1, 0.15) is 29.5 Å². The van der Waals surface area contributed by atoms with Crippen LogP contribution in [0.15, 0.2) is 60.9 Å². The van der Waals surface area contributed by atoms with Gasteiger partial charge < -0.3 is 5.32 Å². The number of halogens is 3. The van der Waals surface area contributed by atoms with E-state index >= 15 is 0 Å². The Balaban J connectivity index is 1.45. The molecule has 0 atom stereocenters. The van der Waals surface area contributed by atoms with Crippen molar-refractivity contribution < 1.29 is 18.0 Å². The summed E-state index contributed by atoms with van der Waals surface area (Å²) in [5.74, 6) is -2.30. The van der Waals surface area contributed by atoms with Crippen molar-refractivity contribution in [2.75, 3.05) is 0 Å². The second-order valence-electron chi connectivity index (χ2n) is 6.38. The first-order valence-electron chi connectivity index (χ1n) is 8.85. The summed E-state index contributed by atoms with van der Waals surface area (Å²) in [5.41, 5.74) is 2.21. The number of benzene rings is 2. The van der Waals surface area contributed by atoms with Crippen LogP contribution >= 0.6 is 0 Å². The van der Waals surface area contributed by atoms with Crippen molar-refractivity contribution in [2.24, 2.45) is 0 Å². The average molecular weight is 409 g/mol. The highest BCUT2D eigenvalue weighted by Gasteiger charge is 2.14. The summed E-state index contributed by atoms with van der Waals surface area (Å²) in [7, 11) is 0. The van der Waals surface area contributed by atoms with Gasteiger partial charge in [0.15, 0.2) is 0 Å². The number of nitrogens with zero attached hydrogens (tertiary/aromatic N) is 3. The van der Waals surface area contributed by atoms with Crippen LogP contribution in [0.4, 0.5) is 13.2 Å². The number of amides is 1. The van der Waals surface area contributed by atoms with Crippen molar-refractivity contribution >= 4 is 5.91 Å². The number of hydrogen-bond donors (Lipinski definition) is 2. The van der Waals surface area contributed by atoms with Gasteiger partial charge in [-0.2, -0.15) is 5.10 Å². The molecule has 4 aromatic rings. The number of hydrogen-bond acceptors (Lipinski definition) is 4. The zero-order valence-electron chi connectivity index (χ0n) is 15.4. The summed E-state index contributed by atoms with van der Waals surface area (Å²) in [6, 6.07) is 12.0. The fourth-order valence-corrected chi connectivity index (χ4v) is 2.81. The Morgan fingerprint density at radius 3 is 2.43 bits per heavy atom. The first kappa shape index (κ1) is 19.3. The zero-order valence-corrected chi connectivity index (χ0v) is 15.4. The van der Waals surface area contributed by atoms with Gasteiger partial charge in [-0.15, -0.1) is 0 Å². The molecule has 0 fully saturated rings. The normalized spacial score (nSPS) is 10.8. The maximum absolute atomic E-state index is 13.9. The predicted molar refractivity (Wildman–Crippen MR) is 103 cm³/mol. The molecule has 0 aliphatic rings. The van der Waals surface area contributed by atoms with Crippen LogP contribution in [0.3, 0.4) is 0 Å². The molecule has 2 N–H and O–H groups in total. The molecule has 0 aliphatic carbocycles. The maximum atomic E-state index is 13.9. The Morgan fingerprint density at radius 2 is 1.67 bits per heavy atom. The van der Waals surface area contributed by atoms with Crippen LogP contribution in [0, 0.1) is 17.5 Å². The molecule has 0 spiro atoms. The summed E-state index contributed by atoms with van der Waals surface area (Å²) >= 11 is 0. The van der Waals surface area contributed by atoms with Crippen molar-refractivity contribution in [1.29, 1.82) is 0 Å². The van der Waals surface area contributed by atoms with Gasteiger partial charge in [0.05, 0.1) is 23.6 Å². The average Bonchev–Trinajstić information content (AvgIpc) is 3.23. The maximum Gasteiger partial charge on any atom is 0.269 e. The number of H-pyrrole nitrogens is 1. The largest absolute Gasteiger partial charge is 0.345 e. The standard InChI is InChI=1S/C21H14F3N5O/c22-13-3-1-12(2-4-13)18-8-15(26-11-27-18)10-25-21(30)20-9-19(28-29-20)16-6-5-14(23)7-17(16)24/h1-9,11H,10H2,(H,25,30)(H,28,29). The molecule has 6 nitrogen and oxygen atoms in total. The minimum absolute atomic E-state index is 0.0754. The molecule has 0 unspecified atom stereocenters. The Bertz CT molecular complexity index is 1210. The van der Waals surface area contributed by atoms with Crippen LogP contribution in [-0.2, 0) is 6.54 Å². The molecule has 0 saturated carbocycles. The zero-order chi connectivity index (χ0) is 21.1. The minimum atomic E-state index is -0.775. The fourth-order valence-electron chi connectivity index (χ4n) is 2.81. The second kappa shape index (κ2) is 8.16. The Labute approximate surface area is 168 Å². The molecule has 9 heteroatoms. The highest BCUT2D eigenvalue weighted by atomic mass is 19.1. The molecule has 0 saturated heterocycles. The number of aromatic amines is 1. The van der Waals surface area contributed by atoms with Crippen LogP contribution < -0.4 is 5.32 Å². The topological polar surface area (TPSA) is 83.6 Å². The van der Waals surface area contributed by atoms with E-state index in [2.05, 4.69) is 25.5 Å². The quantitative estimate of drug-likeness (QED) is 0.524. The SMILES string of the molecule is O=C(NCc1cc(-c2ccc(F)cc2)ncn1)c1cc(-c2ccc(F)cc2F)n[nH]1. The van der Waals surface area contributed by atoms with Crippen molar-refractivity contribution in [3.05, 3.63) is 89.8 Å². The second-order valence-corrected chi connectivity index (χ2v) is 6.38. The lowest BCUT2D eigenvalue weighted by Crippen LogP contribution is -2.23. The van der Waals surface area contributed by atoms with Crippen LogP contribution in [0.5, 0.6) is 0 Å². The lowest BCUT2D eigenvalue weighted by Gasteiger charge is -2.05. The predicted octanol–water partition coefficient (Wildman–Crippen LogP) is 3.88. The summed E-state index contributed by atoms with van der Waals surface area (Å²) in [5, 5.41) is 9.12. The third-order valence-electron chi connectivity index (χ3n) is 4.32. The molecule has 2 aromatic carbocycles. The molecular formula is C21H14F3N5O. The fraction of sp³-hybridized carbons (Fsp3) is 0.0476. The van der Waals surface area contributed by atoms with E-state index in [1.165, 1.54) is 30.6 Å². The van der Waals surface area contributed by atoms with Gasteiger partial charge >= 0.3 is 0 Å². The van der Waals surface area contributed by atoms with E-state index in [9.17, 15) is 18.0 Å². The summed E-state index contributed by atoms with van der Waals surface area (Å²) in [4.78, 5) is 20.6. The highest BCUT2D eigenvalue weighted by molar-refractivity contribution is 5.93. The van der Waals surface area contributed by atoms with Crippen molar-refractivity contribution in [3.8, 4) is 22.5 Å². The molecule has 1 amide bonds. The number of nitrogens with one attached hydrogen (secondary N) is 2. The number of carbonyl (C=O) groups is 1. The van der Waals surface area contributed by atoms with E-state index in [0.29, 0.717) is 17.0 Å². The number of carbonyl (C=O) groups excluding carboxylic acids is 1. The molecule has 0 bridgehead atoms.